The number of amides is 1. The van der Waals surface area contributed by atoms with E-state index in [0.717, 1.165) is 56.3 Å². The molecule has 3 aromatic heterocycles. The van der Waals surface area contributed by atoms with Crippen molar-refractivity contribution in [3.05, 3.63) is 58.8 Å². The maximum atomic E-state index is 11.9. The summed E-state index contributed by atoms with van der Waals surface area (Å²) < 4.78 is 2.19. The lowest BCUT2D eigenvalue weighted by Crippen LogP contribution is -2.22. The number of aromatic nitrogens is 5. The zero-order chi connectivity index (χ0) is 22.1. The van der Waals surface area contributed by atoms with Crippen molar-refractivity contribution in [3.8, 4) is 0 Å². The summed E-state index contributed by atoms with van der Waals surface area (Å²) in [6.45, 7) is 6.87. The van der Waals surface area contributed by atoms with Gasteiger partial charge in [0.15, 0.2) is 5.65 Å². The van der Waals surface area contributed by atoms with Gasteiger partial charge in [-0.15, -0.1) is 0 Å². The van der Waals surface area contributed by atoms with Gasteiger partial charge in [-0.25, -0.2) is 20.0 Å². The molecule has 0 bridgehead atoms. The first kappa shape index (κ1) is 20.7. The number of nitrogens with one attached hydrogen (secondary N) is 1. The number of rotatable bonds is 6. The van der Waals surface area contributed by atoms with Crippen molar-refractivity contribution in [1.29, 1.82) is 0 Å². The number of likely N-dealkylation sites (N-methyl/N-ethyl adjacent to an activating group) is 1. The molecular weight excluding hydrogens is 392 g/mol. The maximum Gasteiger partial charge on any atom is 0.269 e. The summed E-state index contributed by atoms with van der Waals surface area (Å²) in [5.74, 6) is 1.37. The Bertz CT molecular complexity index is 1300. The van der Waals surface area contributed by atoms with Crippen molar-refractivity contribution in [1.82, 2.24) is 29.6 Å². The third-order valence-corrected chi connectivity index (χ3v) is 5.29. The van der Waals surface area contributed by atoms with Crippen molar-refractivity contribution in [2.45, 2.75) is 33.7 Å². The van der Waals surface area contributed by atoms with Crippen LogP contribution in [0.1, 0.15) is 35.4 Å². The highest BCUT2D eigenvalue weighted by Crippen LogP contribution is 2.22. The summed E-state index contributed by atoms with van der Waals surface area (Å²) in [6.07, 6.45) is 3.90. The minimum atomic E-state index is -0.263. The fourth-order valence-electron chi connectivity index (χ4n) is 3.67. The van der Waals surface area contributed by atoms with E-state index in [9.17, 15) is 4.79 Å². The fourth-order valence-corrected chi connectivity index (χ4v) is 3.67. The number of pyridine rings is 1. The standard InChI is InChI=1S/C23H26N6O2/c1-6-20-27-22-14(2)11-15(3)24-23(22)29(20)13-16-7-8-17-18(12-16)26-19(25-17)9-10-21(30)28(4)31-5/h7-12H,6,13H2,1-5H3,(H,25,26)/b10-9+. The lowest BCUT2D eigenvalue weighted by molar-refractivity contribution is -0.162. The number of imidazole rings is 2. The molecule has 8 heteroatoms. The lowest BCUT2D eigenvalue weighted by Gasteiger charge is -2.09. The van der Waals surface area contributed by atoms with Gasteiger partial charge >= 0.3 is 0 Å². The van der Waals surface area contributed by atoms with Crippen molar-refractivity contribution in [3.63, 3.8) is 0 Å². The number of benzene rings is 1. The van der Waals surface area contributed by atoms with Crippen LogP contribution in [0.25, 0.3) is 28.3 Å². The van der Waals surface area contributed by atoms with Gasteiger partial charge in [0.1, 0.15) is 17.2 Å². The van der Waals surface area contributed by atoms with Crippen LogP contribution in [0.15, 0.2) is 30.3 Å². The summed E-state index contributed by atoms with van der Waals surface area (Å²) in [6, 6.07) is 8.20. The van der Waals surface area contributed by atoms with Crippen molar-refractivity contribution < 1.29 is 9.63 Å². The van der Waals surface area contributed by atoms with Gasteiger partial charge in [-0.1, -0.05) is 13.0 Å². The first-order valence-corrected chi connectivity index (χ1v) is 10.2. The normalized spacial score (nSPS) is 11.8. The number of fused-ring (bicyclic) bond motifs is 2. The molecule has 0 saturated carbocycles. The highest BCUT2D eigenvalue weighted by Gasteiger charge is 2.14. The number of aryl methyl sites for hydroxylation is 3. The van der Waals surface area contributed by atoms with E-state index in [0.29, 0.717) is 12.4 Å². The van der Waals surface area contributed by atoms with E-state index in [2.05, 4.69) is 46.6 Å². The van der Waals surface area contributed by atoms with Crippen LogP contribution in [0.5, 0.6) is 0 Å². The minimum Gasteiger partial charge on any atom is -0.338 e. The Morgan fingerprint density at radius 2 is 2.03 bits per heavy atom. The second-order valence-corrected chi connectivity index (χ2v) is 7.55. The monoisotopic (exact) mass is 418 g/mol. The van der Waals surface area contributed by atoms with E-state index in [4.69, 9.17) is 14.8 Å². The van der Waals surface area contributed by atoms with E-state index in [1.165, 1.54) is 13.2 Å². The highest BCUT2D eigenvalue weighted by molar-refractivity contribution is 5.91. The molecule has 1 N–H and O–H groups in total. The van der Waals surface area contributed by atoms with Crippen LogP contribution in [0.2, 0.25) is 0 Å². The highest BCUT2D eigenvalue weighted by atomic mass is 16.7. The van der Waals surface area contributed by atoms with Crippen LogP contribution in [-0.2, 0) is 22.6 Å². The number of aromatic amines is 1. The van der Waals surface area contributed by atoms with Gasteiger partial charge in [-0.3, -0.25) is 9.63 Å². The summed E-state index contributed by atoms with van der Waals surface area (Å²) in [5, 5.41) is 1.15. The Morgan fingerprint density at radius 3 is 2.77 bits per heavy atom. The predicted molar refractivity (Wildman–Crippen MR) is 120 cm³/mol. The molecule has 0 saturated heterocycles. The van der Waals surface area contributed by atoms with Gasteiger partial charge in [-0.05, 0) is 49.2 Å². The molecule has 4 rings (SSSR count). The summed E-state index contributed by atoms with van der Waals surface area (Å²) in [7, 11) is 3.00. The van der Waals surface area contributed by atoms with E-state index in [1.807, 2.05) is 13.0 Å². The van der Waals surface area contributed by atoms with Crippen LogP contribution in [0.3, 0.4) is 0 Å². The SMILES string of the molecule is CCc1nc2c(C)cc(C)nc2n1Cc1ccc2nc(/C=C/C(=O)N(C)OC)[nH]c2c1. The molecule has 160 valence electrons. The molecule has 3 heterocycles. The zero-order valence-electron chi connectivity index (χ0n) is 18.4. The first-order valence-electron chi connectivity index (χ1n) is 10.2. The quantitative estimate of drug-likeness (QED) is 0.382. The van der Waals surface area contributed by atoms with Gasteiger partial charge in [0.05, 0.1) is 24.7 Å². The van der Waals surface area contributed by atoms with Crippen LogP contribution in [-0.4, -0.2) is 49.6 Å². The van der Waals surface area contributed by atoms with Crippen LogP contribution < -0.4 is 0 Å². The predicted octanol–water partition coefficient (Wildman–Crippen LogP) is 3.57. The summed E-state index contributed by atoms with van der Waals surface area (Å²) in [5.41, 5.74) is 6.89. The van der Waals surface area contributed by atoms with Crippen molar-refractivity contribution in [2.24, 2.45) is 0 Å². The van der Waals surface area contributed by atoms with Crippen LogP contribution in [0.4, 0.5) is 0 Å². The van der Waals surface area contributed by atoms with Gasteiger partial charge in [-0.2, -0.15) is 0 Å². The second kappa shape index (κ2) is 8.31. The molecule has 0 radical (unpaired) electrons. The first-order chi connectivity index (χ1) is 14.9. The van der Waals surface area contributed by atoms with E-state index in [1.54, 1.807) is 13.1 Å². The Morgan fingerprint density at radius 1 is 1.23 bits per heavy atom. The molecule has 0 aliphatic heterocycles. The average molecular weight is 419 g/mol. The number of carbonyl (C=O) groups is 1. The van der Waals surface area contributed by atoms with Crippen LogP contribution in [0, 0.1) is 13.8 Å². The van der Waals surface area contributed by atoms with Gasteiger partial charge in [0.2, 0.25) is 0 Å². The van der Waals surface area contributed by atoms with Gasteiger partial charge < -0.3 is 9.55 Å². The number of hydrogen-bond donors (Lipinski definition) is 1. The van der Waals surface area contributed by atoms with Crippen LogP contribution >= 0.6 is 0 Å². The molecule has 0 atom stereocenters. The lowest BCUT2D eigenvalue weighted by atomic mass is 10.2. The Balaban J connectivity index is 1.66. The summed E-state index contributed by atoms with van der Waals surface area (Å²) >= 11 is 0. The minimum absolute atomic E-state index is 0.263. The zero-order valence-corrected chi connectivity index (χ0v) is 18.4. The molecule has 8 nitrogen and oxygen atoms in total. The largest absolute Gasteiger partial charge is 0.338 e. The van der Waals surface area contributed by atoms with Gasteiger partial charge in [0.25, 0.3) is 5.91 Å². The number of hydroxylamine groups is 2. The Hall–Kier alpha value is -3.52. The maximum absolute atomic E-state index is 11.9. The molecule has 1 amide bonds. The van der Waals surface area contributed by atoms with Crippen molar-refractivity contribution >= 4 is 34.2 Å². The molecule has 31 heavy (non-hydrogen) atoms. The molecule has 0 fully saturated rings. The van der Waals surface area contributed by atoms with E-state index in [-0.39, 0.29) is 5.91 Å². The molecular formula is C23H26N6O2. The number of nitrogens with zero attached hydrogens (tertiary/aromatic N) is 5. The molecule has 0 unspecified atom stereocenters. The number of hydrogen-bond acceptors (Lipinski definition) is 5. The summed E-state index contributed by atoms with van der Waals surface area (Å²) in [4.78, 5) is 34.1. The van der Waals surface area contributed by atoms with Crippen molar-refractivity contribution in [2.75, 3.05) is 14.2 Å². The Labute approximate surface area is 180 Å². The number of H-pyrrole nitrogens is 1. The number of carbonyl (C=O) groups excluding carboxylic acids is 1. The molecule has 0 aliphatic rings. The average Bonchev–Trinajstić information content (AvgIpc) is 3.32. The third-order valence-electron chi connectivity index (χ3n) is 5.29. The molecule has 4 aromatic rings. The molecule has 1 aromatic carbocycles. The fraction of sp³-hybridized carbons (Fsp3) is 0.304. The van der Waals surface area contributed by atoms with E-state index >= 15 is 0 Å². The van der Waals surface area contributed by atoms with E-state index < -0.39 is 0 Å². The smallest absolute Gasteiger partial charge is 0.269 e. The van der Waals surface area contributed by atoms with Gasteiger partial charge in [0, 0.05) is 25.2 Å². The Kier molecular flexibility index (Phi) is 5.56. The molecule has 0 aliphatic carbocycles. The second-order valence-electron chi connectivity index (χ2n) is 7.55. The topological polar surface area (TPSA) is 88.9 Å². The third kappa shape index (κ3) is 4.06. The molecule has 0 spiro atoms.